The summed E-state index contributed by atoms with van der Waals surface area (Å²) in [6, 6.07) is 2.20. The highest BCUT2D eigenvalue weighted by atomic mass is 32.2. The quantitative estimate of drug-likeness (QED) is 0.624. The van der Waals surface area contributed by atoms with Crippen molar-refractivity contribution in [3.63, 3.8) is 0 Å². The Morgan fingerprint density at radius 3 is 2.62 bits per heavy atom. The average Bonchev–Trinajstić information content (AvgIpc) is 3.24. The number of rotatable bonds is 6. The molecule has 0 aromatic heterocycles. The molecule has 9 heteroatoms. The molecule has 116 valence electrons. The highest BCUT2D eigenvalue weighted by molar-refractivity contribution is 7.89. The van der Waals surface area contributed by atoms with Crippen LogP contribution < -0.4 is 5.73 Å². The Bertz CT molecular complexity index is 660. The van der Waals surface area contributed by atoms with E-state index in [1.54, 1.807) is 0 Å². The summed E-state index contributed by atoms with van der Waals surface area (Å²) < 4.78 is 39.4. The lowest BCUT2D eigenvalue weighted by molar-refractivity contribution is -0.387. The Kier molecular flexibility index (Phi) is 4.26. The van der Waals surface area contributed by atoms with Crippen molar-refractivity contribution < 1.29 is 17.7 Å². The third-order valence-electron chi connectivity index (χ3n) is 3.67. The lowest BCUT2D eigenvalue weighted by atomic mass is 10.2. The number of nitro benzene ring substituents is 1. The summed E-state index contributed by atoms with van der Waals surface area (Å²) in [6.07, 6.45) is 1.82. The fourth-order valence-corrected chi connectivity index (χ4v) is 3.70. The smallest absolute Gasteiger partial charge is 0.306 e. The van der Waals surface area contributed by atoms with E-state index in [1.807, 2.05) is 0 Å². The molecule has 1 fully saturated rings. The molecule has 1 saturated carbocycles. The van der Waals surface area contributed by atoms with Crippen LogP contribution in [0.25, 0.3) is 0 Å². The minimum atomic E-state index is -3.95. The molecule has 1 aromatic carbocycles. The van der Waals surface area contributed by atoms with Crippen molar-refractivity contribution in [1.29, 1.82) is 0 Å². The molecular formula is C12H16FN3O4S. The van der Waals surface area contributed by atoms with Gasteiger partial charge in [-0.3, -0.25) is 10.1 Å². The molecule has 21 heavy (non-hydrogen) atoms. The molecule has 0 amide bonds. The summed E-state index contributed by atoms with van der Waals surface area (Å²) in [6.45, 7) is 0.170. The first-order valence-electron chi connectivity index (χ1n) is 6.41. The highest BCUT2D eigenvalue weighted by Gasteiger charge is 2.38. The van der Waals surface area contributed by atoms with E-state index in [0.29, 0.717) is 0 Å². The first kappa shape index (κ1) is 15.8. The summed E-state index contributed by atoms with van der Waals surface area (Å²) in [5, 5.41) is 10.7. The first-order chi connectivity index (χ1) is 9.78. The lowest BCUT2D eigenvalue weighted by Gasteiger charge is -2.26. The van der Waals surface area contributed by atoms with Gasteiger partial charge in [-0.2, -0.15) is 8.70 Å². The van der Waals surface area contributed by atoms with Crippen LogP contribution in [0, 0.1) is 21.8 Å². The predicted molar refractivity (Wildman–Crippen MR) is 73.6 cm³/mol. The fourth-order valence-electron chi connectivity index (χ4n) is 2.26. The summed E-state index contributed by atoms with van der Waals surface area (Å²) in [4.78, 5) is 9.46. The summed E-state index contributed by atoms with van der Waals surface area (Å²) in [7, 11) is -2.56. The van der Waals surface area contributed by atoms with Gasteiger partial charge in [0.15, 0.2) is 0 Å². The molecule has 2 rings (SSSR count). The van der Waals surface area contributed by atoms with E-state index >= 15 is 0 Å². The molecular weight excluding hydrogens is 301 g/mol. The minimum Gasteiger partial charge on any atom is -0.329 e. The van der Waals surface area contributed by atoms with Crippen LogP contribution in [0.1, 0.15) is 12.8 Å². The Morgan fingerprint density at radius 1 is 1.52 bits per heavy atom. The van der Waals surface area contributed by atoms with Crippen LogP contribution in [0.2, 0.25) is 0 Å². The second-order valence-electron chi connectivity index (χ2n) is 5.03. The maximum absolute atomic E-state index is 13.3. The van der Waals surface area contributed by atoms with Gasteiger partial charge in [-0.25, -0.2) is 8.42 Å². The average molecular weight is 317 g/mol. The largest absolute Gasteiger partial charge is 0.329 e. The van der Waals surface area contributed by atoms with Gasteiger partial charge in [0.25, 0.3) is 0 Å². The zero-order valence-electron chi connectivity index (χ0n) is 11.4. The number of nitro groups is 1. The SMILES string of the molecule is CN(C(CN)C1CC1)S(=O)(=O)c1ccc(F)c([N+](=O)[O-])c1. The molecule has 0 heterocycles. The molecule has 0 bridgehead atoms. The standard InChI is InChI=1S/C12H16FN3O4S/c1-15(12(7-14)8-2-3-8)21(19,20)9-4-5-10(13)11(6-9)16(17)18/h4-6,8,12H,2-3,7,14H2,1H3. The van der Waals surface area contributed by atoms with Crippen LogP contribution in [-0.2, 0) is 10.0 Å². The van der Waals surface area contributed by atoms with Crippen molar-refractivity contribution in [2.45, 2.75) is 23.8 Å². The van der Waals surface area contributed by atoms with E-state index in [-0.39, 0.29) is 23.4 Å². The minimum absolute atomic E-state index is 0.170. The Hall–Kier alpha value is -1.58. The van der Waals surface area contributed by atoms with E-state index in [0.717, 1.165) is 35.3 Å². The maximum Gasteiger partial charge on any atom is 0.306 e. The number of hydrogen-bond donors (Lipinski definition) is 1. The van der Waals surface area contributed by atoms with E-state index in [4.69, 9.17) is 5.73 Å². The van der Waals surface area contributed by atoms with Gasteiger partial charge in [-0.15, -0.1) is 0 Å². The molecule has 2 N–H and O–H groups in total. The molecule has 0 saturated heterocycles. The van der Waals surface area contributed by atoms with Crippen molar-refractivity contribution in [3.05, 3.63) is 34.1 Å². The second-order valence-corrected chi connectivity index (χ2v) is 7.03. The number of nitrogens with zero attached hydrogens (tertiary/aromatic N) is 2. The van der Waals surface area contributed by atoms with Crippen molar-refractivity contribution in [2.75, 3.05) is 13.6 Å². The predicted octanol–water partition coefficient (Wildman–Crippen LogP) is 1.09. The van der Waals surface area contributed by atoms with Gasteiger partial charge in [-0.05, 0) is 30.9 Å². The Balaban J connectivity index is 2.39. The van der Waals surface area contributed by atoms with Crippen LogP contribution in [0.4, 0.5) is 10.1 Å². The monoisotopic (exact) mass is 317 g/mol. The molecule has 0 spiro atoms. The summed E-state index contributed by atoms with van der Waals surface area (Å²) >= 11 is 0. The third-order valence-corrected chi connectivity index (χ3v) is 5.54. The summed E-state index contributed by atoms with van der Waals surface area (Å²) in [5.41, 5.74) is 4.76. The number of sulfonamides is 1. The topological polar surface area (TPSA) is 107 Å². The molecule has 0 radical (unpaired) electrons. The van der Waals surface area contributed by atoms with Gasteiger partial charge in [0.2, 0.25) is 15.8 Å². The lowest BCUT2D eigenvalue weighted by Crippen LogP contribution is -2.43. The molecule has 1 aliphatic carbocycles. The molecule has 1 atom stereocenters. The van der Waals surface area contributed by atoms with Crippen LogP contribution in [0.15, 0.2) is 23.1 Å². The van der Waals surface area contributed by atoms with Gasteiger partial charge in [0.1, 0.15) is 0 Å². The Labute approximate surface area is 121 Å². The van der Waals surface area contributed by atoms with Crippen LogP contribution in [-0.4, -0.2) is 37.3 Å². The normalized spacial score (nSPS) is 17.0. The molecule has 0 aliphatic heterocycles. The van der Waals surface area contributed by atoms with Crippen molar-refractivity contribution in [3.8, 4) is 0 Å². The van der Waals surface area contributed by atoms with Gasteiger partial charge >= 0.3 is 5.69 Å². The van der Waals surface area contributed by atoms with Gasteiger partial charge in [0, 0.05) is 25.7 Å². The maximum atomic E-state index is 13.3. The zero-order valence-corrected chi connectivity index (χ0v) is 12.2. The van der Waals surface area contributed by atoms with Crippen LogP contribution >= 0.6 is 0 Å². The van der Waals surface area contributed by atoms with Gasteiger partial charge in [0.05, 0.1) is 9.82 Å². The van der Waals surface area contributed by atoms with Crippen molar-refractivity contribution in [1.82, 2.24) is 4.31 Å². The fraction of sp³-hybridized carbons (Fsp3) is 0.500. The number of hydrogen-bond acceptors (Lipinski definition) is 5. The Morgan fingerprint density at radius 2 is 2.14 bits per heavy atom. The number of nitrogens with two attached hydrogens (primary N) is 1. The third kappa shape index (κ3) is 3.04. The van der Waals surface area contributed by atoms with E-state index in [1.165, 1.54) is 7.05 Å². The first-order valence-corrected chi connectivity index (χ1v) is 7.85. The second kappa shape index (κ2) is 5.66. The van der Waals surface area contributed by atoms with Crippen LogP contribution in [0.5, 0.6) is 0 Å². The van der Waals surface area contributed by atoms with Gasteiger partial charge in [-0.1, -0.05) is 0 Å². The van der Waals surface area contributed by atoms with Crippen molar-refractivity contribution in [2.24, 2.45) is 11.7 Å². The summed E-state index contributed by atoms with van der Waals surface area (Å²) in [5.74, 6) is -0.857. The number of likely N-dealkylation sites (N-methyl/N-ethyl adjacent to an activating group) is 1. The number of halogens is 1. The molecule has 1 aliphatic rings. The van der Waals surface area contributed by atoms with Crippen LogP contribution in [0.3, 0.4) is 0 Å². The zero-order chi connectivity index (χ0) is 15.8. The molecule has 1 aromatic rings. The van der Waals surface area contributed by atoms with E-state index in [9.17, 15) is 22.9 Å². The van der Waals surface area contributed by atoms with E-state index < -0.39 is 26.5 Å². The highest BCUT2D eigenvalue weighted by Crippen LogP contribution is 2.36. The van der Waals surface area contributed by atoms with Crippen molar-refractivity contribution >= 4 is 15.7 Å². The molecule has 7 nitrogen and oxygen atoms in total. The number of benzene rings is 1. The van der Waals surface area contributed by atoms with E-state index in [2.05, 4.69) is 0 Å². The molecule has 1 unspecified atom stereocenters. The van der Waals surface area contributed by atoms with Gasteiger partial charge < -0.3 is 5.73 Å².